The molecule has 0 heterocycles. The van der Waals surface area contributed by atoms with Gasteiger partial charge in [-0.2, -0.15) is 0 Å². The smallest absolute Gasteiger partial charge is 0.239 e. The van der Waals surface area contributed by atoms with Crippen LogP contribution in [0.1, 0.15) is 40.0 Å². The molecule has 1 saturated carbocycles. The number of guanidine groups is 1. The van der Waals surface area contributed by atoms with Crippen molar-refractivity contribution in [2.75, 3.05) is 20.1 Å². The quantitative estimate of drug-likeness (QED) is 0.384. The van der Waals surface area contributed by atoms with Gasteiger partial charge in [0.1, 0.15) is 0 Å². The maximum absolute atomic E-state index is 11.6. The Morgan fingerprint density at radius 1 is 1.26 bits per heavy atom. The van der Waals surface area contributed by atoms with Crippen LogP contribution in [-0.4, -0.2) is 37.5 Å². The maximum Gasteiger partial charge on any atom is 0.239 e. The second kappa shape index (κ2) is 8.60. The van der Waals surface area contributed by atoms with Gasteiger partial charge in [-0.3, -0.25) is 9.79 Å². The second-order valence-electron chi connectivity index (χ2n) is 5.88. The monoisotopic (exact) mass is 382 g/mol. The molecule has 6 heteroatoms. The Hall–Kier alpha value is -0.530. The molecular formula is C13H27IN4O. The van der Waals surface area contributed by atoms with Crippen LogP contribution in [0.4, 0.5) is 0 Å². The van der Waals surface area contributed by atoms with Crippen molar-refractivity contribution in [3.05, 3.63) is 0 Å². The van der Waals surface area contributed by atoms with Gasteiger partial charge in [0.15, 0.2) is 5.96 Å². The molecule has 0 aliphatic heterocycles. The maximum atomic E-state index is 11.6. The van der Waals surface area contributed by atoms with Crippen molar-refractivity contribution >= 4 is 35.8 Å². The molecule has 0 spiro atoms. The number of carbonyl (C=O) groups is 1. The average molecular weight is 382 g/mol. The largest absolute Gasteiger partial charge is 0.356 e. The molecule has 0 aromatic heterocycles. The highest BCUT2D eigenvalue weighted by atomic mass is 127. The van der Waals surface area contributed by atoms with E-state index in [1.54, 1.807) is 7.05 Å². The third-order valence-electron chi connectivity index (χ3n) is 2.70. The molecule has 0 aromatic rings. The first-order chi connectivity index (χ1) is 8.40. The predicted octanol–water partition coefficient (Wildman–Crippen LogP) is 1.48. The number of hydrogen-bond acceptors (Lipinski definition) is 2. The number of carbonyl (C=O) groups excluding carboxylic acids is 1. The number of amides is 1. The molecule has 5 nitrogen and oxygen atoms in total. The van der Waals surface area contributed by atoms with Gasteiger partial charge in [0.05, 0.1) is 6.54 Å². The summed E-state index contributed by atoms with van der Waals surface area (Å²) in [5.41, 5.74) is -0.193. The van der Waals surface area contributed by atoms with Crippen LogP contribution in [0.15, 0.2) is 4.99 Å². The lowest BCUT2D eigenvalue weighted by Crippen LogP contribution is -2.48. The summed E-state index contributed by atoms with van der Waals surface area (Å²) in [5, 5.41) is 9.13. The fourth-order valence-corrected chi connectivity index (χ4v) is 1.65. The van der Waals surface area contributed by atoms with E-state index in [1.807, 2.05) is 20.8 Å². The van der Waals surface area contributed by atoms with E-state index in [1.165, 1.54) is 19.3 Å². The van der Waals surface area contributed by atoms with E-state index in [-0.39, 0.29) is 42.0 Å². The highest BCUT2D eigenvalue weighted by Crippen LogP contribution is 2.31. The standard InChI is InChI=1S/C13H26N4O.HI/c1-13(2,3)17-11(18)9-16-12(14-4)15-8-7-10-5-6-10;/h10H,5-9H2,1-4H3,(H,17,18)(H2,14,15,16);1H. The van der Waals surface area contributed by atoms with Crippen LogP contribution in [0.5, 0.6) is 0 Å². The lowest BCUT2D eigenvalue weighted by atomic mass is 10.1. The zero-order valence-electron chi connectivity index (χ0n) is 12.4. The van der Waals surface area contributed by atoms with Crippen molar-refractivity contribution in [2.45, 2.75) is 45.6 Å². The third kappa shape index (κ3) is 9.98. The fourth-order valence-electron chi connectivity index (χ4n) is 1.65. The van der Waals surface area contributed by atoms with Crippen LogP contribution in [0.2, 0.25) is 0 Å². The molecular weight excluding hydrogens is 355 g/mol. The molecule has 0 atom stereocenters. The van der Waals surface area contributed by atoms with E-state index >= 15 is 0 Å². The molecule has 1 fully saturated rings. The predicted molar refractivity (Wildman–Crippen MR) is 90.0 cm³/mol. The summed E-state index contributed by atoms with van der Waals surface area (Å²) in [5.74, 6) is 1.58. The molecule has 0 radical (unpaired) electrons. The number of hydrogen-bond donors (Lipinski definition) is 3. The van der Waals surface area contributed by atoms with Gasteiger partial charge in [-0.15, -0.1) is 24.0 Å². The minimum atomic E-state index is -0.193. The molecule has 3 N–H and O–H groups in total. The van der Waals surface area contributed by atoms with Crippen molar-refractivity contribution in [3.8, 4) is 0 Å². The van der Waals surface area contributed by atoms with Crippen molar-refractivity contribution in [2.24, 2.45) is 10.9 Å². The van der Waals surface area contributed by atoms with E-state index in [4.69, 9.17) is 0 Å². The van der Waals surface area contributed by atoms with E-state index in [2.05, 4.69) is 20.9 Å². The summed E-state index contributed by atoms with van der Waals surface area (Å²) in [6.45, 7) is 7.07. The normalized spacial score (nSPS) is 15.5. The van der Waals surface area contributed by atoms with Crippen molar-refractivity contribution < 1.29 is 4.79 Å². The Morgan fingerprint density at radius 2 is 1.89 bits per heavy atom. The second-order valence-corrected chi connectivity index (χ2v) is 5.88. The van der Waals surface area contributed by atoms with Gasteiger partial charge in [0.25, 0.3) is 0 Å². The Bertz CT molecular complexity index is 308. The first-order valence-corrected chi connectivity index (χ1v) is 6.66. The van der Waals surface area contributed by atoms with Gasteiger partial charge in [-0.1, -0.05) is 12.8 Å². The zero-order valence-corrected chi connectivity index (χ0v) is 14.7. The fraction of sp³-hybridized carbons (Fsp3) is 0.846. The minimum absolute atomic E-state index is 0. The molecule has 1 amide bonds. The van der Waals surface area contributed by atoms with Crippen LogP contribution in [-0.2, 0) is 4.79 Å². The summed E-state index contributed by atoms with van der Waals surface area (Å²) >= 11 is 0. The minimum Gasteiger partial charge on any atom is -0.356 e. The number of halogens is 1. The lowest BCUT2D eigenvalue weighted by Gasteiger charge is -2.21. The van der Waals surface area contributed by atoms with E-state index in [0.717, 1.165) is 12.5 Å². The number of aliphatic imine (C=N–C) groups is 1. The topological polar surface area (TPSA) is 65.5 Å². The highest BCUT2D eigenvalue weighted by molar-refractivity contribution is 14.0. The number of rotatable bonds is 5. The van der Waals surface area contributed by atoms with Crippen LogP contribution < -0.4 is 16.0 Å². The summed E-state index contributed by atoms with van der Waals surface area (Å²) < 4.78 is 0. The van der Waals surface area contributed by atoms with E-state index in [9.17, 15) is 4.79 Å². The SMILES string of the molecule is CN=C(NCCC1CC1)NCC(=O)NC(C)(C)C.I. The first kappa shape index (κ1) is 18.5. The van der Waals surface area contributed by atoms with Crippen LogP contribution in [0, 0.1) is 5.92 Å². The molecule has 1 aliphatic rings. The van der Waals surface area contributed by atoms with Gasteiger partial charge in [0.2, 0.25) is 5.91 Å². The first-order valence-electron chi connectivity index (χ1n) is 6.66. The zero-order chi connectivity index (χ0) is 13.6. The van der Waals surface area contributed by atoms with Crippen molar-refractivity contribution in [3.63, 3.8) is 0 Å². The Kier molecular flexibility index (Phi) is 8.36. The summed E-state index contributed by atoms with van der Waals surface area (Å²) in [4.78, 5) is 15.7. The van der Waals surface area contributed by atoms with Gasteiger partial charge < -0.3 is 16.0 Å². The van der Waals surface area contributed by atoms with Crippen LogP contribution in [0.25, 0.3) is 0 Å². The van der Waals surface area contributed by atoms with E-state index < -0.39 is 0 Å². The number of nitrogens with zero attached hydrogens (tertiary/aromatic N) is 1. The van der Waals surface area contributed by atoms with Crippen molar-refractivity contribution in [1.82, 2.24) is 16.0 Å². The molecule has 1 aliphatic carbocycles. The molecule has 1 rings (SSSR count). The Labute approximate surface area is 133 Å². The van der Waals surface area contributed by atoms with Gasteiger partial charge >= 0.3 is 0 Å². The molecule has 0 unspecified atom stereocenters. The van der Waals surface area contributed by atoms with Gasteiger partial charge in [0, 0.05) is 19.1 Å². The Morgan fingerprint density at radius 3 is 2.37 bits per heavy atom. The summed E-state index contributed by atoms with van der Waals surface area (Å²) in [6, 6.07) is 0. The molecule has 0 bridgehead atoms. The lowest BCUT2D eigenvalue weighted by molar-refractivity contribution is -0.121. The van der Waals surface area contributed by atoms with Crippen LogP contribution in [0.3, 0.4) is 0 Å². The van der Waals surface area contributed by atoms with E-state index in [0.29, 0.717) is 5.96 Å². The Balaban J connectivity index is 0.00000324. The van der Waals surface area contributed by atoms with Crippen molar-refractivity contribution in [1.29, 1.82) is 0 Å². The molecule has 0 aromatic carbocycles. The molecule has 0 saturated heterocycles. The third-order valence-corrected chi connectivity index (χ3v) is 2.70. The molecule has 19 heavy (non-hydrogen) atoms. The molecule has 112 valence electrons. The van der Waals surface area contributed by atoms with Gasteiger partial charge in [-0.05, 0) is 33.1 Å². The summed E-state index contributed by atoms with van der Waals surface area (Å²) in [7, 11) is 1.72. The van der Waals surface area contributed by atoms with Gasteiger partial charge in [-0.25, -0.2) is 0 Å². The number of nitrogens with one attached hydrogen (secondary N) is 3. The highest BCUT2D eigenvalue weighted by Gasteiger charge is 2.20. The average Bonchev–Trinajstić information content (AvgIpc) is 3.04. The summed E-state index contributed by atoms with van der Waals surface area (Å²) in [6.07, 6.45) is 3.91. The van der Waals surface area contributed by atoms with Crippen LogP contribution >= 0.6 is 24.0 Å².